The molecule has 0 spiro atoms. The van der Waals surface area contributed by atoms with Gasteiger partial charge in [-0.05, 0) is 18.8 Å². The quantitative estimate of drug-likeness (QED) is 0.588. The number of aromatic nitrogens is 1. The standard InChI is InChI=1S/C13H21NO5/c1-3-5-10(2)6-4-9-18-13(17)19-14-11(15)7-8-12(14)16/h7-8,10,15-16H,3-6,9H2,1-2H3. The van der Waals surface area contributed by atoms with Crippen LogP contribution in [0.5, 0.6) is 11.8 Å². The lowest BCUT2D eigenvalue weighted by Gasteiger charge is -2.10. The first-order valence-corrected chi connectivity index (χ1v) is 6.49. The minimum Gasteiger partial charge on any atom is -0.492 e. The van der Waals surface area contributed by atoms with E-state index in [9.17, 15) is 15.0 Å². The predicted octanol–water partition coefficient (Wildman–Crippen LogP) is 2.68. The first kappa shape index (κ1) is 15.2. The molecule has 1 aromatic heterocycles. The van der Waals surface area contributed by atoms with Crippen molar-refractivity contribution in [2.45, 2.75) is 39.5 Å². The van der Waals surface area contributed by atoms with Crippen LogP contribution in [0.25, 0.3) is 0 Å². The summed E-state index contributed by atoms with van der Waals surface area (Å²) in [7, 11) is 0. The summed E-state index contributed by atoms with van der Waals surface area (Å²) < 4.78 is 5.45. The Kier molecular flexibility index (Phi) is 6.05. The van der Waals surface area contributed by atoms with E-state index in [1.165, 1.54) is 12.1 Å². The van der Waals surface area contributed by atoms with Gasteiger partial charge in [-0.1, -0.05) is 26.7 Å². The monoisotopic (exact) mass is 271 g/mol. The third-order valence-corrected chi connectivity index (χ3v) is 2.81. The fourth-order valence-electron chi connectivity index (χ4n) is 1.82. The van der Waals surface area contributed by atoms with Gasteiger partial charge in [0.05, 0.1) is 6.61 Å². The van der Waals surface area contributed by atoms with Crippen LogP contribution in [0.15, 0.2) is 12.1 Å². The van der Waals surface area contributed by atoms with E-state index in [4.69, 9.17) is 4.74 Å². The second-order valence-electron chi connectivity index (χ2n) is 4.57. The van der Waals surface area contributed by atoms with Crippen molar-refractivity contribution in [3.05, 3.63) is 12.1 Å². The number of aromatic hydroxyl groups is 2. The smallest absolute Gasteiger partial charge is 0.492 e. The molecular formula is C13H21NO5. The SMILES string of the molecule is CCCC(C)CCCOC(=O)On1c(O)ccc1O. The van der Waals surface area contributed by atoms with Crippen molar-refractivity contribution in [2.24, 2.45) is 5.92 Å². The fourth-order valence-corrected chi connectivity index (χ4v) is 1.82. The second kappa shape index (κ2) is 7.56. The largest absolute Gasteiger partial charge is 0.533 e. The molecule has 108 valence electrons. The van der Waals surface area contributed by atoms with E-state index in [2.05, 4.69) is 18.7 Å². The van der Waals surface area contributed by atoms with Gasteiger partial charge in [0.2, 0.25) is 11.8 Å². The summed E-state index contributed by atoms with van der Waals surface area (Å²) in [4.78, 5) is 15.9. The lowest BCUT2D eigenvalue weighted by Crippen LogP contribution is -2.20. The molecule has 0 saturated heterocycles. The molecule has 1 aromatic rings. The number of hydrogen-bond donors (Lipinski definition) is 2. The molecule has 0 saturated carbocycles. The molecular weight excluding hydrogens is 250 g/mol. The Hall–Kier alpha value is -1.85. The van der Waals surface area contributed by atoms with Crippen LogP contribution in [-0.4, -0.2) is 27.7 Å². The molecule has 0 aromatic carbocycles. The Balaban J connectivity index is 2.22. The van der Waals surface area contributed by atoms with E-state index in [1.54, 1.807) is 0 Å². The highest BCUT2D eigenvalue weighted by molar-refractivity contribution is 5.60. The molecule has 0 fully saturated rings. The van der Waals surface area contributed by atoms with Crippen molar-refractivity contribution in [2.75, 3.05) is 6.61 Å². The van der Waals surface area contributed by atoms with E-state index < -0.39 is 6.16 Å². The summed E-state index contributed by atoms with van der Waals surface area (Å²) in [5.41, 5.74) is 0. The molecule has 0 aliphatic rings. The van der Waals surface area contributed by atoms with E-state index in [1.807, 2.05) is 0 Å². The van der Waals surface area contributed by atoms with Gasteiger partial charge in [0.1, 0.15) is 0 Å². The third-order valence-electron chi connectivity index (χ3n) is 2.81. The maximum Gasteiger partial charge on any atom is 0.533 e. The van der Waals surface area contributed by atoms with Crippen LogP contribution >= 0.6 is 0 Å². The van der Waals surface area contributed by atoms with E-state index in [0.29, 0.717) is 10.6 Å². The molecule has 0 aliphatic carbocycles. The molecule has 6 nitrogen and oxygen atoms in total. The van der Waals surface area contributed by atoms with Crippen LogP contribution in [-0.2, 0) is 4.74 Å². The van der Waals surface area contributed by atoms with Crippen LogP contribution in [0.3, 0.4) is 0 Å². The van der Waals surface area contributed by atoms with E-state index >= 15 is 0 Å². The van der Waals surface area contributed by atoms with Gasteiger partial charge < -0.3 is 14.9 Å². The van der Waals surface area contributed by atoms with Crippen molar-refractivity contribution in [1.82, 2.24) is 4.73 Å². The number of rotatable bonds is 7. The van der Waals surface area contributed by atoms with E-state index in [0.717, 1.165) is 25.7 Å². The lowest BCUT2D eigenvalue weighted by atomic mass is 10.0. The molecule has 1 rings (SSSR count). The Labute approximate surface area is 112 Å². The van der Waals surface area contributed by atoms with Crippen molar-refractivity contribution in [1.29, 1.82) is 0 Å². The molecule has 0 amide bonds. The third kappa shape index (κ3) is 5.11. The van der Waals surface area contributed by atoms with Gasteiger partial charge in [-0.2, -0.15) is 0 Å². The summed E-state index contributed by atoms with van der Waals surface area (Å²) in [5.74, 6) is -0.126. The first-order chi connectivity index (χ1) is 9.04. The minimum absolute atomic E-state index is 0.260. The molecule has 1 atom stereocenters. The Bertz CT molecular complexity index is 382. The van der Waals surface area contributed by atoms with Gasteiger partial charge in [-0.15, -0.1) is 4.73 Å². The summed E-state index contributed by atoms with van der Waals surface area (Å²) in [6.07, 6.45) is 3.11. The molecule has 0 radical (unpaired) electrons. The van der Waals surface area contributed by atoms with Crippen molar-refractivity contribution in [3.63, 3.8) is 0 Å². The highest BCUT2D eigenvalue weighted by Crippen LogP contribution is 2.18. The second-order valence-corrected chi connectivity index (χ2v) is 4.57. The highest BCUT2D eigenvalue weighted by Gasteiger charge is 2.13. The molecule has 1 heterocycles. The fraction of sp³-hybridized carbons (Fsp3) is 0.615. The molecule has 19 heavy (non-hydrogen) atoms. The van der Waals surface area contributed by atoms with Crippen LogP contribution in [0.1, 0.15) is 39.5 Å². The van der Waals surface area contributed by atoms with Gasteiger partial charge in [-0.3, -0.25) is 4.84 Å². The zero-order chi connectivity index (χ0) is 14.3. The zero-order valence-electron chi connectivity index (χ0n) is 11.3. The average Bonchev–Trinajstić information content (AvgIpc) is 2.67. The lowest BCUT2D eigenvalue weighted by molar-refractivity contribution is 0.0341. The Morgan fingerprint density at radius 1 is 1.32 bits per heavy atom. The maximum atomic E-state index is 11.3. The summed E-state index contributed by atoms with van der Waals surface area (Å²) in [5, 5.41) is 18.5. The van der Waals surface area contributed by atoms with Crippen LogP contribution in [0.2, 0.25) is 0 Å². The summed E-state index contributed by atoms with van der Waals surface area (Å²) in [6, 6.07) is 2.41. The van der Waals surface area contributed by atoms with Crippen molar-refractivity contribution < 1.29 is 24.6 Å². The first-order valence-electron chi connectivity index (χ1n) is 6.49. The number of nitrogens with zero attached hydrogens (tertiary/aromatic N) is 1. The Morgan fingerprint density at radius 2 is 1.95 bits per heavy atom. The number of hydrogen-bond acceptors (Lipinski definition) is 5. The van der Waals surface area contributed by atoms with E-state index in [-0.39, 0.29) is 18.4 Å². The van der Waals surface area contributed by atoms with Crippen LogP contribution in [0, 0.1) is 5.92 Å². The van der Waals surface area contributed by atoms with Crippen molar-refractivity contribution >= 4 is 6.16 Å². The Morgan fingerprint density at radius 3 is 2.53 bits per heavy atom. The highest BCUT2D eigenvalue weighted by atomic mass is 16.8. The molecule has 0 bridgehead atoms. The topological polar surface area (TPSA) is 80.9 Å². The molecule has 0 aliphatic heterocycles. The molecule has 2 N–H and O–H groups in total. The van der Waals surface area contributed by atoms with Gasteiger partial charge in [0.15, 0.2) is 0 Å². The number of carbonyl (C=O) groups excluding carboxylic acids is 1. The molecule has 6 heteroatoms. The van der Waals surface area contributed by atoms with Crippen molar-refractivity contribution in [3.8, 4) is 11.8 Å². The number of carbonyl (C=O) groups is 1. The predicted molar refractivity (Wildman–Crippen MR) is 69.0 cm³/mol. The summed E-state index contributed by atoms with van der Waals surface area (Å²) in [6.45, 7) is 4.56. The number of ether oxygens (including phenoxy) is 1. The van der Waals surface area contributed by atoms with Crippen LogP contribution < -0.4 is 4.84 Å². The van der Waals surface area contributed by atoms with Gasteiger partial charge in [-0.25, -0.2) is 4.79 Å². The van der Waals surface area contributed by atoms with Crippen LogP contribution in [0.4, 0.5) is 4.79 Å². The maximum absolute atomic E-state index is 11.3. The average molecular weight is 271 g/mol. The normalized spacial score (nSPS) is 12.1. The summed E-state index contributed by atoms with van der Waals surface area (Å²) >= 11 is 0. The zero-order valence-corrected chi connectivity index (χ0v) is 11.3. The molecule has 1 unspecified atom stereocenters. The van der Waals surface area contributed by atoms with Gasteiger partial charge in [0, 0.05) is 12.1 Å². The minimum atomic E-state index is -0.954. The van der Waals surface area contributed by atoms with Gasteiger partial charge in [0.25, 0.3) is 0 Å². The van der Waals surface area contributed by atoms with Gasteiger partial charge >= 0.3 is 6.16 Å².